The van der Waals surface area contributed by atoms with Crippen molar-refractivity contribution in [3.8, 4) is 0 Å². The van der Waals surface area contributed by atoms with E-state index < -0.39 is 43.4 Å². The summed E-state index contributed by atoms with van der Waals surface area (Å²) in [6, 6.07) is 0.336. The second kappa shape index (κ2) is 59.9. The average molecular weight is 2030 g/mol. The molecule has 1 heterocycles. The highest BCUT2D eigenvalue weighted by molar-refractivity contribution is 14.1. The monoisotopic (exact) mass is 2030 g/mol. The number of allylic oxidation sites excluding steroid dienone is 14. The van der Waals surface area contributed by atoms with E-state index >= 15 is 0 Å². The summed E-state index contributed by atoms with van der Waals surface area (Å²) in [6.07, 6.45) is 42.8. The number of nitrogens with one attached hydrogen (secondary N) is 2. The van der Waals surface area contributed by atoms with Gasteiger partial charge in [0.2, 0.25) is 17.7 Å². The van der Waals surface area contributed by atoms with Crippen molar-refractivity contribution in [2.75, 3.05) is 39.6 Å². The highest BCUT2D eigenvalue weighted by Gasteiger charge is 2.45. The van der Waals surface area contributed by atoms with E-state index in [0.29, 0.717) is 143 Å². The Labute approximate surface area is 778 Å². The number of alkyl halides is 9. The van der Waals surface area contributed by atoms with Gasteiger partial charge in [-0.25, -0.2) is 24.0 Å². The first-order valence-corrected chi connectivity index (χ1v) is 47.7. The van der Waals surface area contributed by atoms with Crippen LogP contribution in [0.3, 0.4) is 0 Å². The van der Waals surface area contributed by atoms with E-state index in [4.69, 9.17) is 29.4 Å². The molecule has 0 aromatic rings. The minimum absolute atomic E-state index is 0.0352. The van der Waals surface area contributed by atoms with Crippen molar-refractivity contribution in [2.24, 2.45) is 88.6 Å². The molecule has 0 aromatic heterocycles. The molecule has 0 unspecified atom stereocenters. The molecule has 0 radical (unpaired) electrons. The fraction of sp³-hybridized carbons (Fsp3) is 0.639. The molecule has 6 bridgehead atoms. The number of hydrogen-bond donors (Lipinski definition) is 3. The molecule has 1 aliphatic heterocycles. The van der Waals surface area contributed by atoms with Gasteiger partial charge in [0.1, 0.15) is 11.6 Å². The number of fused-ring (bicyclic) bond motifs is 7. The zero-order chi connectivity index (χ0) is 95.3. The largest absolute Gasteiger partial charge is 0.463 e. The summed E-state index contributed by atoms with van der Waals surface area (Å²) in [5.41, 5.74) is 8.22. The zero-order valence-corrected chi connectivity index (χ0v) is 81.3. The summed E-state index contributed by atoms with van der Waals surface area (Å²) in [6.45, 7) is 32.1. The van der Waals surface area contributed by atoms with Crippen LogP contribution in [0.1, 0.15) is 218 Å². The maximum Gasteiger partial charge on any atom is 0.422 e. The summed E-state index contributed by atoms with van der Waals surface area (Å²) in [5, 5.41) is 5.84. The van der Waals surface area contributed by atoms with Gasteiger partial charge in [-0.05, 0) is 209 Å². The number of primary amides is 1. The number of nitrogens with two attached hydrogens (primary N) is 1. The van der Waals surface area contributed by atoms with Gasteiger partial charge in [-0.2, -0.15) is 26.3 Å². The normalized spacial score (nSPS) is 28.8. The Morgan fingerprint density at radius 1 is 0.583 bits per heavy atom. The molecule has 5 fully saturated rings. The molecule has 0 spiro atoms. The second-order valence-electron chi connectivity index (χ2n) is 33.6. The number of esters is 6. The number of carbonyl (C=O) groups excluding carboxylic acids is 11. The number of carbonyl (C=O) groups is 11. The van der Waals surface area contributed by atoms with Crippen LogP contribution in [0.2, 0.25) is 0 Å². The van der Waals surface area contributed by atoms with Gasteiger partial charge in [0.15, 0.2) is 13.2 Å². The van der Waals surface area contributed by atoms with E-state index in [-0.39, 0.29) is 76.5 Å². The molecule has 0 aromatic carbocycles. The van der Waals surface area contributed by atoms with Gasteiger partial charge in [0.05, 0.1) is 50.6 Å². The molecule has 20 atom stereocenters. The summed E-state index contributed by atoms with van der Waals surface area (Å²) < 4.78 is 103. The molecule has 4 N–H and O–H groups in total. The predicted octanol–water partition coefficient (Wildman–Crippen LogP) is 20.2. The Morgan fingerprint density at radius 3 is 1.60 bits per heavy atom. The number of amides is 3. The van der Waals surface area contributed by atoms with Gasteiger partial charge in [0.25, 0.3) is 0 Å². The molecule has 30 heteroatoms. The molecule has 3 amide bonds. The van der Waals surface area contributed by atoms with E-state index in [9.17, 15) is 79.1 Å². The molecule has 13 aliphatic rings. The SMILES string of the molecule is C=CC(=O)OCC(F)(F)F.C=CC=C.CCOC(=O)C1=CC=C[C@@H](C)C1.CCOC(=O)C1=C[C@@H](OC(CC)CC)[C@H](C)[C@@H](C)C1.CCOC(=O)C1=C[C@@H]2C[C@@H]2[C@@H](C)C1.CCOC(=O)C1=C[C@H](NC(C)=O)[C@@H](Br)[C@@H](C)C1.NC(=O)[C@@H]1CC=CCC1.O=C(OCC(F)(F)F)[C@@H]1CC=CCC1.O=C1C[C@@H]2C=CC[C@H]1C2.O=C1C[C@H]2C[C@@H]1C=C[C@@H]2Br.O=C1N[C@H]2C[C@@H]1CC[C@@H]2I. The van der Waals surface area contributed by atoms with Crippen LogP contribution in [0.25, 0.3) is 0 Å². The van der Waals surface area contributed by atoms with E-state index in [1.165, 1.54) is 19.8 Å². The lowest BCUT2D eigenvalue weighted by molar-refractivity contribution is -0.189. The fourth-order valence-electron chi connectivity index (χ4n) is 15.9. The second-order valence-corrected chi connectivity index (χ2v) is 37.4. The lowest BCUT2D eigenvalue weighted by Gasteiger charge is -2.34. The Kier molecular flexibility index (Phi) is 53.7. The quantitative estimate of drug-likeness (QED) is 0.0158. The minimum atomic E-state index is -4.46. The van der Waals surface area contributed by atoms with Crippen LogP contribution in [0.4, 0.5) is 26.3 Å². The van der Waals surface area contributed by atoms with Gasteiger partial charge in [-0.3, -0.25) is 28.8 Å². The van der Waals surface area contributed by atoms with Crippen LogP contribution < -0.4 is 16.4 Å². The van der Waals surface area contributed by atoms with Crippen molar-refractivity contribution >= 4 is 120 Å². The number of hydrogen-bond acceptors (Lipinski definition) is 18. The van der Waals surface area contributed by atoms with Crippen molar-refractivity contribution in [3.63, 3.8) is 0 Å². The maximum atomic E-state index is 11.9. The van der Waals surface area contributed by atoms with E-state index in [0.717, 1.165) is 125 Å². The molecule has 12 aliphatic carbocycles. The fourth-order valence-corrected chi connectivity index (χ4v) is 17.8. The summed E-state index contributed by atoms with van der Waals surface area (Å²) in [7, 11) is 0. The van der Waals surface area contributed by atoms with Crippen LogP contribution in [0, 0.1) is 82.9 Å². The van der Waals surface area contributed by atoms with Crippen LogP contribution in [0.5, 0.6) is 0 Å². The van der Waals surface area contributed by atoms with E-state index in [2.05, 4.69) is 172 Å². The first kappa shape index (κ1) is 114. The van der Waals surface area contributed by atoms with Gasteiger partial charge in [0, 0.05) is 91.4 Å². The molecule has 13 rings (SSSR count). The lowest BCUT2D eigenvalue weighted by Crippen LogP contribution is -2.44. The van der Waals surface area contributed by atoms with Crippen LogP contribution in [-0.2, 0) is 85.9 Å². The van der Waals surface area contributed by atoms with Crippen molar-refractivity contribution in [2.45, 2.75) is 268 Å². The Hall–Kier alpha value is -7.32. The molecule has 127 heavy (non-hydrogen) atoms. The predicted molar refractivity (Wildman–Crippen MR) is 495 cm³/mol. The standard InChI is InChI=1S/C16H28O3.C12H18BrNO3.C11H16O2.C10H14O2.C9H11F3O2.C8H9BrO.C8H10O.C7H10INO.C7H11NO.C5H5F3O2.C4H6/c1-6-14(7-2)19-15-10-13(16(17)18-8-3)9-11(4)12(15)5;1-4-17-12(16)9-5-7(2)11(13)10(6-9)14-8(3)15;1-3-13-11(12)9-4-7(2)10-6-8(10)5-9;1-3-12-10(11)9-6-4-5-8(2)7-9;10-9(11,12)6-14-8(13)7-4-2-1-3-5-7;9-7-2-1-5-3-6(7)4-8(5)10;9-8-5-6-2-1-3-7(8)4-6;8-5-2-1-4-3-6(5)9-7(4)10;8-7(9)6-4-2-1-3-5-6;1-2-4(9)10-3-5(6,7)8;1-3-4-2/h10-12,14-15H,6-9H2,1-5H3;6-7,10-11H,4-5H2,1-3H3,(H,14,15);5,7-8,10H,3-4,6H2,1-2H3;4-6,8H,3,7H2,1-2H3;1-2,7H,3-6H2;1-2,5-7H,3-4H2;1-2,6-7H,3-5H2;4-6H,1-3H2,(H,9,10);1-2,6H,3-5H2,(H2,8,9);2H,1,3H2;3-4H,1-2H2/t11-,12+,15+;7-,10-,11-;7-,8+,10+;8-;7-;5-,6+,7-;6-,7+;4-,5-,6-;6-;;/m000110101../s1. The topological polar surface area (TPSA) is 302 Å². The minimum Gasteiger partial charge on any atom is -0.463 e. The van der Waals surface area contributed by atoms with Crippen molar-refractivity contribution in [1.29, 1.82) is 0 Å². The number of Topliss-reactive ketones (excluding diaryl/α,β-unsaturated/α-hetero) is 2. The van der Waals surface area contributed by atoms with Crippen molar-refractivity contribution < 1.29 is 112 Å². The maximum absolute atomic E-state index is 11.9. The smallest absolute Gasteiger partial charge is 0.422 e. The molecule has 1 saturated heterocycles. The van der Waals surface area contributed by atoms with Gasteiger partial charge < -0.3 is 49.5 Å². The number of halogens is 9. The number of ether oxygens (including phenoxy) is 7. The third-order valence-electron chi connectivity index (χ3n) is 23.3. The van der Waals surface area contributed by atoms with Crippen molar-refractivity contribution in [1.82, 2.24) is 10.6 Å². The van der Waals surface area contributed by atoms with Crippen LogP contribution in [0.15, 0.2) is 145 Å². The van der Waals surface area contributed by atoms with Gasteiger partial charge >= 0.3 is 48.2 Å². The number of rotatable bonds is 19. The average Bonchev–Trinajstić information content (AvgIpc) is 1.63. The van der Waals surface area contributed by atoms with E-state index in [1.807, 2.05) is 64.2 Å². The molecular weight excluding hydrogens is 1900 g/mol. The Bertz CT molecular complexity index is 3880. The van der Waals surface area contributed by atoms with Crippen LogP contribution in [-0.4, -0.2) is 155 Å². The summed E-state index contributed by atoms with van der Waals surface area (Å²) >= 11 is 9.52. The van der Waals surface area contributed by atoms with Gasteiger partial charge in [-0.15, -0.1) is 0 Å². The highest BCUT2D eigenvalue weighted by Crippen LogP contribution is 2.51. The number of ketones is 2. The van der Waals surface area contributed by atoms with Gasteiger partial charge in [-0.1, -0.05) is 214 Å². The summed E-state index contributed by atoms with van der Waals surface area (Å²) in [5.74, 6) is 4.17. The molecule has 21 nitrogen and oxygen atoms in total. The van der Waals surface area contributed by atoms with Crippen LogP contribution >= 0.6 is 54.5 Å². The van der Waals surface area contributed by atoms with E-state index in [1.54, 1.807) is 31.2 Å². The Balaban J connectivity index is 0.000000365. The molecule has 712 valence electrons. The highest BCUT2D eigenvalue weighted by atomic mass is 127. The summed E-state index contributed by atoms with van der Waals surface area (Å²) in [4.78, 5) is 123. The Morgan fingerprint density at radius 2 is 1.13 bits per heavy atom. The molecular formula is C97H138Br2F6IN3O18. The zero-order valence-electron chi connectivity index (χ0n) is 76.0. The van der Waals surface area contributed by atoms with Crippen molar-refractivity contribution in [3.05, 3.63) is 145 Å². The molecule has 4 saturated carbocycles. The first-order valence-electron chi connectivity index (χ1n) is 44.7. The first-order chi connectivity index (χ1) is 60.0. The lowest BCUT2D eigenvalue weighted by atomic mass is 9.80. The third kappa shape index (κ3) is 44.0. The third-order valence-corrected chi connectivity index (χ3v) is 27.4.